The van der Waals surface area contributed by atoms with Crippen LogP contribution in [-0.2, 0) is 14.3 Å². The maximum atomic E-state index is 12.6. The van der Waals surface area contributed by atoms with Gasteiger partial charge in [-0.3, -0.25) is 9.59 Å². The first-order chi connectivity index (χ1) is 45.5. The number of ether oxygens (including phenoxy) is 1. The fourth-order valence-corrected chi connectivity index (χ4v) is 13.5. The van der Waals surface area contributed by atoms with Gasteiger partial charge in [0.15, 0.2) is 0 Å². The summed E-state index contributed by atoms with van der Waals surface area (Å²) in [5.74, 6) is -0.0139. The summed E-state index contributed by atoms with van der Waals surface area (Å²) in [6, 6.07) is -0.540. The van der Waals surface area contributed by atoms with Gasteiger partial charge in [-0.25, -0.2) is 0 Å². The Bertz CT molecular complexity index is 1490. The third-order valence-electron chi connectivity index (χ3n) is 19.9. The van der Waals surface area contributed by atoms with E-state index in [2.05, 4.69) is 55.6 Å². The van der Waals surface area contributed by atoms with Crippen LogP contribution in [0, 0.1) is 0 Å². The summed E-state index contributed by atoms with van der Waals surface area (Å²) in [6.07, 6.45) is 107. The van der Waals surface area contributed by atoms with Crippen LogP contribution in [0.1, 0.15) is 476 Å². The van der Waals surface area contributed by atoms with Gasteiger partial charge in [0.25, 0.3) is 0 Å². The lowest BCUT2D eigenvalue weighted by atomic mass is 10.0. The number of amides is 1. The van der Waals surface area contributed by atoms with Crippen LogP contribution in [0.25, 0.3) is 0 Å². The van der Waals surface area contributed by atoms with E-state index in [1.165, 1.54) is 392 Å². The number of rotatable bonds is 80. The highest BCUT2D eigenvalue weighted by Gasteiger charge is 2.20. The van der Waals surface area contributed by atoms with Gasteiger partial charge in [0, 0.05) is 12.8 Å². The molecule has 2 unspecified atom stereocenters. The van der Waals surface area contributed by atoms with E-state index in [0.29, 0.717) is 25.9 Å². The molecule has 0 saturated carbocycles. The number of nitrogens with one attached hydrogen (secondary N) is 1. The smallest absolute Gasteiger partial charge is 0.305 e. The first-order valence-electron chi connectivity index (χ1n) is 42.2. The van der Waals surface area contributed by atoms with Crippen molar-refractivity contribution < 1.29 is 24.5 Å². The van der Waals surface area contributed by atoms with Crippen molar-refractivity contribution >= 4 is 11.9 Å². The van der Waals surface area contributed by atoms with E-state index in [9.17, 15) is 19.8 Å². The molecule has 0 aromatic rings. The lowest BCUT2D eigenvalue weighted by Gasteiger charge is -2.22. The molecule has 0 heterocycles. The molecule has 0 aliphatic heterocycles. The first-order valence-corrected chi connectivity index (χ1v) is 42.2. The minimum Gasteiger partial charge on any atom is -0.466 e. The Morgan fingerprint density at radius 3 is 0.837 bits per heavy atom. The second-order valence-electron chi connectivity index (χ2n) is 29.2. The minimum absolute atomic E-state index is 0.0125. The summed E-state index contributed by atoms with van der Waals surface area (Å²) in [7, 11) is 0. The predicted molar refractivity (Wildman–Crippen MR) is 407 cm³/mol. The van der Waals surface area contributed by atoms with Crippen molar-refractivity contribution in [1.29, 1.82) is 0 Å². The molecule has 3 N–H and O–H groups in total. The highest BCUT2D eigenvalue weighted by molar-refractivity contribution is 5.76. The minimum atomic E-state index is -0.664. The van der Waals surface area contributed by atoms with Gasteiger partial charge in [-0.2, -0.15) is 0 Å². The Balaban J connectivity index is 3.36. The van der Waals surface area contributed by atoms with Crippen molar-refractivity contribution in [2.45, 2.75) is 488 Å². The van der Waals surface area contributed by atoms with E-state index in [-0.39, 0.29) is 18.5 Å². The maximum Gasteiger partial charge on any atom is 0.305 e. The number of carbonyl (C=O) groups is 2. The van der Waals surface area contributed by atoms with E-state index in [1.54, 1.807) is 0 Å². The van der Waals surface area contributed by atoms with E-state index in [4.69, 9.17) is 4.74 Å². The third-order valence-corrected chi connectivity index (χ3v) is 19.9. The normalized spacial score (nSPS) is 12.6. The predicted octanol–water partition coefficient (Wildman–Crippen LogP) is 28.2. The summed E-state index contributed by atoms with van der Waals surface area (Å²) in [4.78, 5) is 24.6. The van der Waals surface area contributed by atoms with Crippen molar-refractivity contribution in [1.82, 2.24) is 5.32 Å². The molecule has 6 nitrogen and oxygen atoms in total. The zero-order chi connectivity index (χ0) is 66.3. The fourth-order valence-electron chi connectivity index (χ4n) is 13.5. The number of aliphatic hydroxyl groups is 2. The van der Waals surface area contributed by atoms with Crippen LogP contribution in [0.3, 0.4) is 0 Å². The molecule has 0 fully saturated rings. The van der Waals surface area contributed by atoms with Crippen molar-refractivity contribution in [2.75, 3.05) is 13.2 Å². The molecule has 0 radical (unpaired) electrons. The first kappa shape index (κ1) is 90.1. The molecule has 0 saturated heterocycles. The Morgan fingerprint density at radius 1 is 0.304 bits per heavy atom. The van der Waals surface area contributed by atoms with Crippen molar-refractivity contribution in [3.8, 4) is 0 Å². The van der Waals surface area contributed by atoms with Gasteiger partial charge in [0.1, 0.15) is 0 Å². The van der Waals surface area contributed by atoms with E-state index < -0.39 is 12.1 Å². The number of carbonyl (C=O) groups excluding carboxylic acids is 2. The van der Waals surface area contributed by atoms with Crippen molar-refractivity contribution in [3.63, 3.8) is 0 Å². The molecule has 92 heavy (non-hydrogen) atoms. The van der Waals surface area contributed by atoms with Crippen LogP contribution < -0.4 is 5.32 Å². The van der Waals surface area contributed by atoms with E-state index in [0.717, 1.165) is 51.4 Å². The van der Waals surface area contributed by atoms with Crippen LogP contribution in [0.5, 0.6) is 0 Å². The standard InChI is InChI=1S/C86H165NO5/c1-3-5-7-9-11-13-15-17-19-20-21-22-42-45-48-51-54-58-62-66-70-74-78-84(89)83(82-88)87-85(90)79-75-71-67-63-59-55-52-49-46-43-40-38-36-34-32-30-28-26-24-23-25-27-29-31-33-35-37-39-41-44-47-50-53-57-61-65-69-73-77-81-92-86(91)80-76-72-68-64-60-56-18-16-14-12-10-8-6-4-2/h16,18,23-24,27,29,83-84,88-89H,3-15,17,19-22,25-26,28,30-82H2,1-2H3,(H,87,90)/b18-16-,24-23-,29-27-. The topological polar surface area (TPSA) is 95.9 Å². The Hall–Kier alpha value is -1.92. The largest absolute Gasteiger partial charge is 0.466 e. The highest BCUT2D eigenvalue weighted by Crippen LogP contribution is 2.20. The van der Waals surface area contributed by atoms with Gasteiger partial charge in [0.2, 0.25) is 5.91 Å². The van der Waals surface area contributed by atoms with Gasteiger partial charge in [-0.05, 0) is 83.5 Å². The van der Waals surface area contributed by atoms with Crippen molar-refractivity contribution in [3.05, 3.63) is 36.5 Å². The molecule has 6 heteroatoms. The Kier molecular flexibility index (Phi) is 79.8. The molecule has 0 spiro atoms. The van der Waals surface area contributed by atoms with Gasteiger partial charge in [0.05, 0.1) is 25.4 Å². The van der Waals surface area contributed by atoms with E-state index in [1.807, 2.05) is 0 Å². The average Bonchev–Trinajstić information content (AvgIpc) is 3.67. The van der Waals surface area contributed by atoms with Gasteiger partial charge in [-0.1, -0.05) is 416 Å². The summed E-state index contributed by atoms with van der Waals surface area (Å²) in [5, 5.41) is 23.5. The molecule has 0 aromatic carbocycles. The molecule has 0 aliphatic carbocycles. The number of allylic oxidation sites excluding steroid dienone is 6. The van der Waals surface area contributed by atoms with Crippen LogP contribution in [0.2, 0.25) is 0 Å². The van der Waals surface area contributed by atoms with Crippen LogP contribution in [-0.4, -0.2) is 47.4 Å². The second kappa shape index (κ2) is 81.5. The SMILES string of the molecule is CCCCCCC/C=C\CCCCCCCC(=O)OCCCCCCCCCCCCCCCCC/C=C\C/C=C\CCCCCCCCCCCCCCCCCCCC(=O)NC(CO)C(O)CCCCCCCCCCCCCCCCCCCCCCCC. The number of hydrogen-bond acceptors (Lipinski definition) is 5. The third kappa shape index (κ3) is 77.1. The van der Waals surface area contributed by atoms with Gasteiger partial charge < -0.3 is 20.3 Å². The maximum absolute atomic E-state index is 12.6. The molecule has 0 rings (SSSR count). The molecule has 0 bridgehead atoms. The average molecular weight is 1290 g/mol. The van der Waals surface area contributed by atoms with Crippen LogP contribution >= 0.6 is 0 Å². The molecular formula is C86H165NO5. The number of hydrogen-bond donors (Lipinski definition) is 3. The molecular weight excluding hydrogens is 1130 g/mol. The lowest BCUT2D eigenvalue weighted by molar-refractivity contribution is -0.143. The zero-order valence-electron chi connectivity index (χ0n) is 62.6. The van der Waals surface area contributed by atoms with Crippen LogP contribution in [0.15, 0.2) is 36.5 Å². The number of aliphatic hydroxyl groups excluding tert-OH is 2. The van der Waals surface area contributed by atoms with Crippen molar-refractivity contribution in [2.24, 2.45) is 0 Å². The summed E-state index contributed by atoms with van der Waals surface area (Å²) >= 11 is 0. The summed E-state index contributed by atoms with van der Waals surface area (Å²) < 4.78 is 5.49. The zero-order valence-corrected chi connectivity index (χ0v) is 62.6. The molecule has 0 aliphatic rings. The number of esters is 1. The molecule has 544 valence electrons. The molecule has 1 amide bonds. The highest BCUT2D eigenvalue weighted by atomic mass is 16.5. The van der Waals surface area contributed by atoms with Gasteiger partial charge >= 0.3 is 5.97 Å². The van der Waals surface area contributed by atoms with Gasteiger partial charge in [-0.15, -0.1) is 0 Å². The monoisotopic (exact) mass is 1290 g/mol. The fraction of sp³-hybridized carbons (Fsp3) is 0.907. The Labute approximate surface area is 576 Å². The second-order valence-corrected chi connectivity index (χ2v) is 29.2. The van der Waals surface area contributed by atoms with E-state index >= 15 is 0 Å². The number of unbranched alkanes of at least 4 members (excludes halogenated alkanes) is 63. The Morgan fingerprint density at radius 2 is 0.543 bits per heavy atom. The summed E-state index contributed by atoms with van der Waals surface area (Å²) in [6.45, 7) is 4.99. The molecule has 2 atom stereocenters. The summed E-state index contributed by atoms with van der Waals surface area (Å²) in [5.41, 5.74) is 0. The quantitative estimate of drug-likeness (QED) is 0.0320. The van der Waals surface area contributed by atoms with Crippen LogP contribution in [0.4, 0.5) is 0 Å². The molecule has 0 aromatic heterocycles. The lowest BCUT2D eigenvalue weighted by Crippen LogP contribution is -2.45.